The molecule has 0 saturated heterocycles. The molecule has 22 heavy (non-hydrogen) atoms. The number of benzene rings is 1. The van der Waals surface area contributed by atoms with E-state index in [0.29, 0.717) is 5.69 Å². The number of hydrogen-bond donors (Lipinski definition) is 1. The molecule has 4 rings (SSSR count). The van der Waals surface area contributed by atoms with Gasteiger partial charge in [0.25, 0.3) is 0 Å². The number of alkyl halides is 3. The SMILES string of the molecule is O=c1n(-c2cccc(C(F)(F)F)c2)c(O)c2n1[C@H]1CC[C@@H]2C1. The van der Waals surface area contributed by atoms with Gasteiger partial charge in [-0.25, -0.2) is 9.36 Å². The third-order valence-corrected chi connectivity index (χ3v) is 4.69. The third kappa shape index (κ3) is 1.68. The van der Waals surface area contributed by atoms with Crippen LogP contribution in [-0.4, -0.2) is 14.2 Å². The zero-order valence-corrected chi connectivity index (χ0v) is 11.5. The largest absolute Gasteiger partial charge is 0.493 e. The fourth-order valence-corrected chi connectivity index (χ4v) is 3.75. The van der Waals surface area contributed by atoms with Gasteiger partial charge in [-0.3, -0.25) is 4.57 Å². The van der Waals surface area contributed by atoms with Crippen molar-refractivity contribution in [3.05, 3.63) is 46.0 Å². The second-order valence-electron chi connectivity index (χ2n) is 5.91. The van der Waals surface area contributed by atoms with Crippen LogP contribution in [0.3, 0.4) is 0 Å². The molecule has 116 valence electrons. The number of rotatable bonds is 1. The normalized spacial score (nSPS) is 23.0. The molecule has 0 radical (unpaired) electrons. The highest BCUT2D eigenvalue weighted by atomic mass is 19.4. The summed E-state index contributed by atoms with van der Waals surface area (Å²) in [6.07, 6.45) is -1.87. The van der Waals surface area contributed by atoms with Crippen molar-refractivity contribution in [3.8, 4) is 11.6 Å². The maximum absolute atomic E-state index is 12.8. The second kappa shape index (κ2) is 4.18. The molecule has 7 heteroatoms. The number of imidazole rings is 1. The minimum Gasteiger partial charge on any atom is -0.493 e. The standard InChI is InChI=1S/C15H13F3N2O2/c16-15(17,18)9-2-1-3-10(7-9)20-13(21)12-8-4-5-11(6-8)19(12)14(20)22/h1-3,7-8,11,21H,4-6H2/t8-,11+/m1/s1. The quantitative estimate of drug-likeness (QED) is 0.879. The van der Waals surface area contributed by atoms with E-state index in [9.17, 15) is 23.1 Å². The van der Waals surface area contributed by atoms with Crippen LogP contribution in [0.1, 0.15) is 42.5 Å². The topological polar surface area (TPSA) is 47.2 Å². The first-order valence-corrected chi connectivity index (χ1v) is 7.11. The Labute approximate surface area is 123 Å². The Morgan fingerprint density at radius 1 is 1.23 bits per heavy atom. The van der Waals surface area contributed by atoms with Crippen molar-refractivity contribution < 1.29 is 18.3 Å². The van der Waals surface area contributed by atoms with E-state index < -0.39 is 17.4 Å². The van der Waals surface area contributed by atoms with E-state index in [4.69, 9.17) is 0 Å². The van der Waals surface area contributed by atoms with Gasteiger partial charge in [0.1, 0.15) is 0 Å². The van der Waals surface area contributed by atoms with Crippen molar-refractivity contribution in [2.75, 3.05) is 0 Å². The molecule has 2 heterocycles. The molecule has 2 aliphatic rings. The molecule has 2 atom stereocenters. The maximum atomic E-state index is 12.8. The Morgan fingerprint density at radius 2 is 2.00 bits per heavy atom. The van der Waals surface area contributed by atoms with Crippen molar-refractivity contribution in [2.24, 2.45) is 0 Å². The predicted octanol–water partition coefficient (Wildman–Crippen LogP) is 3.19. The van der Waals surface area contributed by atoms with Crippen LogP contribution < -0.4 is 5.69 Å². The molecule has 2 aromatic rings. The van der Waals surface area contributed by atoms with Crippen LogP contribution in [0.2, 0.25) is 0 Å². The van der Waals surface area contributed by atoms with Gasteiger partial charge in [0.2, 0.25) is 5.88 Å². The van der Waals surface area contributed by atoms with Crippen LogP contribution in [0.4, 0.5) is 13.2 Å². The number of hydrogen-bond acceptors (Lipinski definition) is 2. The number of nitrogens with zero attached hydrogens (tertiary/aromatic N) is 2. The lowest BCUT2D eigenvalue weighted by atomic mass is 10.1. The molecule has 1 saturated carbocycles. The minimum atomic E-state index is -4.49. The Balaban J connectivity index is 1.91. The molecule has 0 unspecified atom stereocenters. The molecule has 4 nitrogen and oxygen atoms in total. The first kappa shape index (κ1) is 13.5. The average Bonchev–Trinajstić information content (AvgIpc) is 3.12. The van der Waals surface area contributed by atoms with Crippen LogP contribution in [0.25, 0.3) is 5.69 Å². The number of aromatic hydroxyl groups is 1. The van der Waals surface area contributed by atoms with Gasteiger partial charge >= 0.3 is 11.9 Å². The van der Waals surface area contributed by atoms with Gasteiger partial charge in [0.15, 0.2) is 0 Å². The summed E-state index contributed by atoms with van der Waals surface area (Å²) in [4.78, 5) is 12.5. The van der Waals surface area contributed by atoms with Crippen LogP contribution >= 0.6 is 0 Å². The lowest BCUT2D eigenvalue weighted by Gasteiger charge is -2.11. The molecule has 0 spiro atoms. The highest BCUT2D eigenvalue weighted by molar-refractivity contribution is 5.44. The lowest BCUT2D eigenvalue weighted by Crippen LogP contribution is -2.25. The van der Waals surface area contributed by atoms with E-state index in [0.717, 1.165) is 36.0 Å². The molecule has 2 bridgehead atoms. The van der Waals surface area contributed by atoms with Gasteiger partial charge in [-0.15, -0.1) is 0 Å². The van der Waals surface area contributed by atoms with E-state index >= 15 is 0 Å². The lowest BCUT2D eigenvalue weighted by molar-refractivity contribution is -0.137. The van der Waals surface area contributed by atoms with E-state index in [-0.39, 0.29) is 23.5 Å². The number of fused-ring (bicyclic) bond motifs is 5. The molecular weight excluding hydrogens is 297 g/mol. The van der Waals surface area contributed by atoms with Crippen LogP contribution in [0, 0.1) is 0 Å². The Morgan fingerprint density at radius 3 is 2.68 bits per heavy atom. The second-order valence-corrected chi connectivity index (χ2v) is 5.91. The summed E-state index contributed by atoms with van der Waals surface area (Å²) >= 11 is 0. The molecular formula is C15H13F3N2O2. The molecule has 1 aliphatic carbocycles. The Hall–Kier alpha value is -2.18. The zero-order chi connectivity index (χ0) is 15.6. The van der Waals surface area contributed by atoms with E-state index in [1.807, 2.05) is 0 Å². The van der Waals surface area contributed by atoms with Crippen LogP contribution in [0.5, 0.6) is 5.88 Å². The van der Waals surface area contributed by atoms with E-state index in [1.165, 1.54) is 12.1 Å². The zero-order valence-electron chi connectivity index (χ0n) is 11.5. The molecule has 1 aromatic heterocycles. The highest BCUT2D eigenvalue weighted by Gasteiger charge is 2.42. The van der Waals surface area contributed by atoms with Crippen LogP contribution in [-0.2, 0) is 6.18 Å². The highest BCUT2D eigenvalue weighted by Crippen LogP contribution is 2.50. The Bertz CT molecular complexity index is 819. The summed E-state index contributed by atoms with van der Waals surface area (Å²) in [5, 5.41) is 10.4. The smallest absolute Gasteiger partial charge is 0.416 e. The summed E-state index contributed by atoms with van der Waals surface area (Å²) < 4.78 is 41.0. The van der Waals surface area contributed by atoms with Crippen LogP contribution in [0.15, 0.2) is 29.1 Å². The van der Waals surface area contributed by atoms with Gasteiger partial charge in [-0.1, -0.05) is 6.07 Å². The molecule has 1 aliphatic heterocycles. The van der Waals surface area contributed by atoms with Crippen molar-refractivity contribution in [1.29, 1.82) is 0 Å². The first-order valence-electron chi connectivity index (χ1n) is 7.11. The van der Waals surface area contributed by atoms with Gasteiger partial charge < -0.3 is 5.11 Å². The average molecular weight is 310 g/mol. The summed E-state index contributed by atoms with van der Waals surface area (Å²) in [6, 6.07) is 4.53. The van der Waals surface area contributed by atoms with E-state index in [2.05, 4.69) is 0 Å². The van der Waals surface area contributed by atoms with Crippen molar-refractivity contribution in [3.63, 3.8) is 0 Å². The fraction of sp³-hybridized carbons (Fsp3) is 0.400. The predicted molar refractivity (Wildman–Crippen MR) is 72.3 cm³/mol. The summed E-state index contributed by atoms with van der Waals surface area (Å²) in [7, 11) is 0. The van der Waals surface area contributed by atoms with Crippen molar-refractivity contribution in [2.45, 2.75) is 37.4 Å². The van der Waals surface area contributed by atoms with Gasteiger partial charge in [0.05, 0.1) is 16.9 Å². The number of aromatic nitrogens is 2. The summed E-state index contributed by atoms with van der Waals surface area (Å²) in [6.45, 7) is 0. The first-order chi connectivity index (χ1) is 10.4. The molecule has 1 fully saturated rings. The Kier molecular flexibility index (Phi) is 2.56. The van der Waals surface area contributed by atoms with Crippen molar-refractivity contribution >= 4 is 0 Å². The van der Waals surface area contributed by atoms with Gasteiger partial charge in [-0.05, 0) is 37.5 Å². The maximum Gasteiger partial charge on any atom is 0.416 e. The van der Waals surface area contributed by atoms with Gasteiger partial charge in [-0.2, -0.15) is 13.2 Å². The minimum absolute atomic E-state index is 0.0404. The molecule has 1 N–H and O–H groups in total. The summed E-state index contributed by atoms with van der Waals surface area (Å²) in [5.41, 5.74) is -0.693. The fourth-order valence-electron chi connectivity index (χ4n) is 3.75. The number of halogens is 3. The monoisotopic (exact) mass is 310 g/mol. The molecule has 1 aromatic carbocycles. The summed E-state index contributed by atoms with van der Waals surface area (Å²) in [5.74, 6) is -0.0960. The van der Waals surface area contributed by atoms with Crippen molar-refractivity contribution in [1.82, 2.24) is 9.13 Å². The molecule has 0 amide bonds. The van der Waals surface area contributed by atoms with Gasteiger partial charge in [0, 0.05) is 12.0 Å². The third-order valence-electron chi connectivity index (χ3n) is 4.69. The van der Waals surface area contributed by atoms with E-state index in [1.54, 1.807) is 4.57 Å².